The summed E-state index contributed by atoms with van der Waals surface area (Å²) in [5.74, 6) is -1.26. The smallest absolute Gasteiger partial charge is 0.280 e. The summed E-state index contributed by atoms with van der Waals surface area (Å²) in [5, 5.41) is 3.45. The van der Waals surface area contributed by atoms with E-state index in [-0.39, 0.29) is 23.6 Å². The third-order valence-electron chi connectivity index (χ3n) is 3.18. The molecule has 0 radical (unpaired) electrons. The highest BCUT2D eigenvalue weighted by Gasteiger charge is 2.17. The number of amides is 2. The van der Waals surface area contributed by atoms with E-state index in [4.69, 9.17) is 9.57 Å². The molecule has 6 nitrogen and oxygen atoms in total. The predicted octanol–water partition coefficient (Wildman–Crippen LogP) is 2.48. The molecular formula is C17H17FN2O4. The molecule has 0 aliphatic heterocycles. The normalized spacial score (nSPS) is 10.1. The fraction of sp³-hybridized carbons (Fsp3) is 0.176. The number of hydrogen-bond acceptors (Lipinski definition) is 4. The van der Waals surface area contributed by atoms with Crippen LogP contribution in [0.3, 0.4) is 0 Å². The van der Waals surface area contributed by atoms with Crippen molar-refractivity contribution in [1.82, 2.24) is 5.06 Å². The van der Waals surface area contributed by atoms with Gasteiger partial charge in [-0.2, -0.15) is 0 Å². The Balaban J connectivity index is 2.03. The van der Waals surface area contributed by atoms with Crippen molar-refractivity contribution in [3.05, 3.63) is 59.9 Å². The third-order valence-corrected chi connectivity index (χ3v) is 3.18. The van der Waals surface area contributed by atoms with Gasteiger partial charge in [-0.05, 0) is 24.3 Å². The van der Waals surface area contributed by atoms with Crippen LogP contribution >= 0.6 is 0 Å². The first kappa shape index (κ1) is 17.4. The summed E-state index contributed by atoms with van der Waals surface area (Å²) in [6.07, 6.45) is 0. The van der Waals surface area contributed by atoms with Crippen LogP contribution in [0.25, 0.3) is 0 Å². The lowest BCUT2D eigenvalue weighted by Crippen LogP contribution is -2.27. The number of carbonyl (C=O) groups is 2. The lowest BCUT2D eigenvalue weighted by molar-refractivity contribution is -0.118. The number of nitrogens with one attached hydrogen (secondary N) is 1. The zero-order valence-corrected chi connectivity index (χ0v) is 13.3. The molecule has 0 fully saturated rings. The van der Waals surface area contributed by atoms with Crippen molar-refractivity contribution < 1.29 is 23.6 Å². The van der Waals surface area contributed by atoms with E-state index in [0.717, 1.165) is 5.06 Å². The summed E-state index contributed by atoms with van der Waals surface area (Å²) in [6.45, 7) is -0.366. The molecule has 2 aromatic carbocycles. The van der Waals surface area contributed by atoms with E-state index in [1.165, 1.54) is 32.4 Å². The molecule has 0 heterocycles. The molecule has 2 amide bonds. The van der Waals surface area contributed by atoms with Crippen LogP contribution in [0.4, 0.5) is 10.1 Å². The second-order valence-electron chi connectivity index (χ2n) is 4.80. The predicted molar refractivity (Wildman–Crippen MR) is 86.1 cm³/mol. The molecule has 7 heteroatoms. The summed E-state index contributed by atoms with van der Waals surface area (Å²) in [5.41, 5.74) is 0.315. The van der Waals surface area contributed by atoms with Crippen LogP contribution in [0, 0.1) is 5.82 Å². The van der Waals surface area contributed by atoms with E-state index >= 15 is 0 Å². The molecule has 0 aromatic heterocycles. The van der Waals surface area contributed by atoms with E-state index in [9.17, 15) is 14.0 Å². The molecule has 0 saturated heterocycles. The monoisotopic (exact) mass is 332 g/mol. The molecule has 0 atom stereocenters. The second-order valence-corrected chi connectivity index (χ2v) is 4.80. The highest BCUT2D eigenvalue weighted by Crippen LogP contribution is 2.20. The molecule has 0 spiro atoms. The summed E-state index contributed by atoms with van der Waals surface area (Å²) >= 11 is 0. The van der Waals surface area contributed by atoms with Crippen LogP contribution in [0.5, 0.6) is 5.75 Å². The van der Waals surface area contributed by atoms with Crippen LogP contribution in [-0.4, -0.2) is 37.6 Å². The van der Waals surface area contributed by atoms with Crippen molar-refractivity contribution in [1.29, 1.82) is 0 Å². The topological polar surface area (TPSA) is 67.9 Å². The number of rotatable bonds is 6. The fourth-order valence-corrected chi connectivity index (χ4v) is 1.91. The quantitative estimate of drug-likeness (QED) is 0.825. The Morgan fingerprint density at radius 3 is 2.50 bits per heavy atom. The minimum absolute atomic E-state index is 0.0644. The highest BCUT2D eigenvalue weighted by atomic mass is 19.1. The molecule has 0 saturated carbocycles. The average Bonchev–Trinajstić information content (AvgIpc) is 2.61. The Bertz CT molecular complexity index is 736. The van der Waals surface area contributed by atoms with E-state index in [1.807, 2.05) is 0 Å². The number of anilines is 1. The maximum Gasteiger partial charge on any atom is 0.280 e. The van der Waals surface area contributed by atoms with E-state index in [0.29, 0.717) is 0 Å². The van der Waals surface area contributed by atoms with Gasteiger partial charge < -0.3 is 10.1 Å². The summed E-state index contributed by atoms with van der Waals surface area (Å²) in [6, 6.07) is 12.3. The molecule has 1 N–H and O–H groups in total. The SMILES string of the molecule is CON(C)C(=O)c1ccccc1OCC(=O)Nc1ccccc1F. The van der Waals surface area contributed by atoms with Crippen molar-refractivity contribution in [3.8, 4) is 5.75 Å². The van der Waals surface area contributed by atoms with Crippen molar-refractivity contribution in [2.24, 2.45) is 0 Å². The zero-order valence-electron chi connectivity index (χ0n) is 13.3. The van der Waals surface area contributed by atoms with Crippen molar-refractivity contribution in [3.63, 3.8) is 0 Å². The number of ether oxygens (including phenoxy) is 1. The largest absolute Gasteiger partial charge is 0.483 e. The Hall–Kier alpha value is -2.93. The fourth-order valence-electron chi connectivity index (χ4n) is 1.91. The van der Waals surface area contributed by atoms with Gasteiger partial charge in [-0.25, -0.2) is 9.45 Å². The van der Waals surface area contributed by atoms with Crippen molar-refractivity contribution in [2.45, 2.75) is 0 Å². The molecule has 0 unspecified atom stereocenters. The van der Waals surface area contributed by atoms with Crippen LogP contribution in [0.1, 0.15) is 10.4 Å². The van der Waals surface area contributed by atoms with Gasteiger partial charge in [0.15, 0.2) is 6.61 Å². The third kappa shape index (κ3) is 4.30. The second kappa shape index (κ2) is 8.07. The number of benzene rings is 2. The molecular weight excluding hydrogens is 315 g/mol. The number of nitrogens with zero attached hydrogens (tertiary/aromatic N) is 1. The molecule has 126 valence electrons. The minimum Gasteiger partial charge on any atom is -0.483 e. The number of hydroxylamine groups is 2. The van der Waals surface area contributed by atoms with Crippen LogP contribution in [0.2, 0.25) is 0 Å². The van der Waals surface area contributed by atoms with Gasteiger partial charge in [-0.3, -0.25) is 14.4 Å². The van der Waals surface area contributed by atoms with Crippen LogP contribution in [-0.2, 0) is 9.63 Å². The van der Waals surface area contributed by atoms with Gasteiger partial charge in [0, 0.05) is 7.05 Å². The number of para-hydroxylation sites is 2. The van der Waals surface area contributed by atoms with Gasteiger partial charge in [0.2, 0.25) is 0 Å². The molecule has 0 bridgehead atoms. The first-order valence-electron chi connectivity index (χ1n) is 7.11. The van der Waals surface area contributed by atoms with Gasteiger partial charge in [0.05, 0.1) is 18.4 Å². The van der Waals surface area contributed by atoms with Gasteiger partial charge in [-0.15, -0.1) is 0 Å². The Kier molecular flexibility index (Phi) is 5.86. The Labute approximate surface area is 138 Å². The first-order valence-corrected chi connectivity index (χ1v) is 7.11. The zero-order chi connectivity index (χ0) is 17.5. The number of halogens is 1. The minimum atomic E-state index is -0.539. The summed E-state index contributed by atoms with van der Waals surface area (Å²) in [7, 11) is 2.83. The van der Waals surface area contributed by atoms with Crippen molar-refractivity contribution in [2.75, 3.05) is 26.1 Å². The van der Waals surface area contributed by atoms with Gasteiger partial charge in [0.1, 0.15) is 11.6 Å². The molecule has 0 aliphatic rings. The summed E-state index contributed by atoms with van der Waals surface area (Å²) in [4.78, 5) is 28.9. The number of carbonyl (C=O) groups excluding carboxylic acids is 2. The maximum absolute atomic E-state index is 13.5. The average molecular weight is 332 g/mol. The van der Waals surface area contributed by atoms with Gasteiger partial charge >= 0.3 is 0 Å². The van der Waals surface area contributed by atoms with E-state index in [2.05, 4.69) is 5.32 Å². The van der Waals surface area contributed by atoms with Crippen LogP contribution < -0.4 is 10.1 Å². The first-order chi connectivity index (χ1) is 11.5. The molecule has 24 heavy (non-hydrogen) atoms. The van der Waals surface area contributed by atoms with E-state index < -0.39 is 17.6 Å². The Morgan fingerprint density at radius 2 is 1.79 bits per heavy atom. The lowest BCUT2D eigenvalue weighted by atomic mass is 10.2. The standard InChI is InChI=1S/C17H17FN2O4/c1-20(23-2)17(22)12-7-3-6-10-15(12)24-11-16(21)19-14-9-5-4-8-13(14)18/h3-10H,11H2,1-2H3,(H,19,21). The molecule has 2 rings (SSSR count). The van der Waals surface area contributed by atoms with E-state index in [1.54, 1.807) is 30.3 Å². The van der Waals surface area contributed by atoms with Crippen LogP contribution in [0.15, 0.2) is 48.5 Å². The molecule has 2 aromatic rings. The molecule has 0 aliphatic carbocycles. The lowest BCUT2D eigenvalue weighted by Gasteiger charge is -2.16. The Morgan fingerprint density at radius 1 is 1.12 bits per heavy atom. The van der Waals surface area contributed by atoms with Gasteiger partial charge in [-0.1, -0.05) is 24.3 Å². The maximum atomic E-state index is 13.5. The highest BCUT2D eigenvalue weighted by molar-refractivity contribution is 5.96. The van der Waals surface area contributed by atoms with Gasteiger partial charge in [0.25, 0.3) is 11.8 Å². The number of hydrogen-bond donors (Lipinski definition) is 1. The van der Waals surface area contributed by atoms with Crippen molar-refractivity contribution >= 4 is 17.5 Å². The summed E-state index contributed by atoms with van der Waals surface area (Å²) < 4.78 is 18.9.